The summed E-state index contributed by atoms with van der Waals surface area (Å²) < 4.78 is 25.5. The van der Waals surface area contributed by atoms with Gasteiger partial charge in [-0.25, -0.2) is 8.42 Å². The third-order valence-electron chi connectivity index (χ3n) is 5.99. The zero-order valence-electron chi connectivity index (χ0n) is 14.0. The lowest BCUT2D eigenvalue weighted by Gasteiger charge is -2.58. The molecule has 1 aromatic carbocycles. The normalized spacial score (nSPS) is 29.9. The van der Waals surface area contributed by atoms with E-state index in [0.717, 1.165) is 17.9 Å². The van der Waals surface area contributed by atoms with Crippen molar-refractivity contribution in [1.29, 1.82) is 0 Å². The number of hydrogen-bond donors (Lipinski definition) is 0. The highest BCUT2D eigenvalue weighted by molar-refractivity contribution is 7.92. The Kier molecular flexibility index (Phi) is 3.75. The number of fused-ring (bicyclic) bond motifs is 2. The lowest BCUT2D eigenvalue weighted by atomic mass is 9.47. The topological polar surface area (TPSA) is 34.1 Å². The van der Waals surface area contributed by atoms with E-state index < -0.39 is 15.1 Å². The van der Waals surface area contributed by atoms with Gasteiger partial charge in [-0.2, -0.15) is 0 Å². The van der Waals surface area contributed by atoms with Crippen LogP contribution in [0, 0.1) is 24.2 Å². The number of benzene rings is 1. The van der Waals surface area contributed by atoms with Gasteiger partial charge in [0, 0.05) is 0 Å². The first-order valence-corrected chi connectivity index (χ1v) is 9.78. The number of hydrogen-bond acceptors (Lipinski definition) is 2. The maximum atomic E-state index is 12.8. The Hall–Kier alpha value is -1.09. The van der Waals surface area contributed by atoms with Gasteiger partial charge >= 0.3 is 0 Å². The van der Waals surface area contributed by atoms with Crippen LogP contribution in [0.4, 0.5) is 0 Å². The summed E-state index contributed by atoms with van der Waals surface area (Å²) in [5.41, 5.74) is 2.81. The quantitative estimate of drug-likeness (QED) is 0.767. The van der Waals surface area contributed by atoms with Crippen LogP contribution in [0.2, 0.25) is 0 Å². The summed E-state index contributed by atoms with van der Waals surface area (Å²) in [7, 11) is -3.27. The van der Waals surface area contributed by atoms with Crippen molar-refractivity contribution < 1.29 is 8.42 Å². The minimum atomic E-state index is -3.27. The highest BCUT2D eigenvalue weighted by atomic mass is 32.2. The third-order valence-corrected chi connectivity index (χ3v) is 8.03. The van der Waals surface area contributed by atoms with Crippen LogP contribution in [-0.2, 0) is 9.84 Å². The monoisotopic (exact) mass is 318 g/mol. The molecule has 3 saturated carbocycles. The molecule has 3 fully saturated rings. The van der Waals surface area contributed by atoms with Crippen LogP contribution in [0.15, 0.2) is 40.8 Å². The Morgan fingerprint density at radius 1 is 1.23 bits per heavy atom. The zero-order valence-corrected chi connectivity index (χ0v) is 14.8. The molecular formula is C19H26O2S. The molecule has 0 amide bonds. The summed E-state index contributed by atoms with van der Waals surface area (Å²) in [4.78, 5) is 0.434. The van der Waals surface area contributed by atoms with Crippen molar-refractivity contribution in [3.8, 4) is 0 Å². The van der Waals surface area contributed by atoms with Crippen LogP contribution in [-0.4, -0.2) is 13.7 Å². The van der Waals surface area contributed by atoms with Crippen molar-refractivity contribution in [2.45, 2.75) is 57.1 Å². The minimum Gasteiger partial charge on any atom is -0.223 e. The Morgan fingerprint density at radius 2 is 1.86 bits per heavy atom. The summed E-state index contributed by atoms with van der Waals surface area (Å²) in [6.07, 6.45) is 5.58. The second-order valence-electron chi connectivity index (χ2n) is 7.65. The number of aryl methyl sites for hydroxylation is 1. The molecule has 0 spiro atoms. The van der Waals surface area contributed by atoms with Crippen LogP contribution in [0.25, 0.3) is 0 Å². The van der Waals surface area contributed by atoms with Crippen LogP contribution in [0.3, 0.4) is 0 Å². The molecular weight excluding hydrogens is 292 g/mol. The summed E-state index contributed by atoms with van der Waals surface area (Å²) >= 11 is 0. The lowest BCUT2D eigenvalue weighted by molar-refractivity contribution is -0.0279. The van der Waals surface area contributed by atoms with E-state index in [2.05, 4.69) is 13.8 Å². The van der Waals surface area contributed by atoms with Gasteiger partial charge in [-0.3, -0.25) is 0 Å². The molecule has 0 N–H and O–H groups in total. The fourth-order valence-electron chi connectivity index (χ4n) is 4.18. The molecule has 2 nitrogen and oxygen atoms in total. The van der Waals surface area contributed by atoms with E-state index in [1.807, 2.05) is 32.1 Å². The molecule has 3 atom stereocenters. The molecule has 0 radical (unpaired) electrons. The first-order chi connectivity index (χ1) is 10.2. The van der Waals surface area contributed by atoms with E-state index in [0.29, 0.717) is 16.2 Å². The molecule has 2 bridgehead atoms. The first kappa shape index (κ1) is 15.8. The fourth-order valence-corrected chi connectivity index (χ4v) is 5.48. The molecule has 1 unspecified atom stereocenters. The highest BCUT2D eigenvalue weighted by Crippen LogP contribution is 2.61. The average molecular weight is 318 g/mol. The van der Waals surface area contributed by atoms with E-state index in [1.165, 1.54) is 18.4 Å². The number of allylic oxidation sites excluding steroid dienone is 1. The zero-order chi connectivity index (χ0) is 16.1. The summed E-state index contributed by atoms with van der Waals surface area (Å²) in [6.45, 7) is 8.45. The van der Waals surface area contributed by atoms with Crippen LogP contribution >= 0.6 is 0 Å². The van der Waals surface area contributed by atoms with E-state index >= 15 is 0 Å². The summed E-state index contributed by atoms with van der Waals surface area (Å²) in [5.74, 6) is 1.42. The first-order valence-electron chi connectivity index (χ1n) is 8.24. The Bertz CT molecular complexity index is 693. The summed E-state index contributed by atoms with van der Waals surface area (Å²) in [5, 5.41) is -0.446. The fraction of sp³-hybridized carbons (Fsp3) is 0.579. The molecule has 0 aliphatic heterocycles. The molecule has 0 aromatic heterocycles. The van der Waals surface area contributed by atoms with Gasteiger partial charge in [-0.15, -0.1) is 0 Å². The van der Waals surface area contributed by atoms with Gasteiger partial charge < -0.3 is 0 Å². The van der Waals surface area contributed by atoms with Crippen molar-refractivity contribution in [3.63, 3.8) is 0 Å². The minimum absolute atomic E-state index is 0.359. The van der Waals surface area contributed by atoms with Crippen molar-refractivity contribution >= 4 is 9.84 Å². The van der Waals surface area contributed by atoms with E-state index in [9.17, 15) is 8.42 Å². The van der Waals surface area contributed by atoms with Gasteiger partial charge in [0.25, 0.3) is 0 Å². The second-order valence-corrected chi connectivity index (χ2v) is 9.96. The Morgan fingerprint density at radius 3 is 2.41 bits per heavy atom. The highest BCUT2D eigenvalue weighted by Gasteiger charge is 2.52. The van der Waals surface area contributed by atoms with E-state index in [-0.39, 0.29) is 0 Å². The van der Waals surface area contributed by atoms with E-state index in [1.54, 1.807) is 12.1 Å². The smallest absolute Gasteiger partial charge is 0.184 e. The van der Waals surface area contributed by atoms with Crippen molar-refractivity contribution in [1.82, 2.24) is 0 Å². The second kappa shape index (κ2) is 5.23. The molecule has 22 heavy (non-hydrogen) atoms. The maximum Gasteiger partial charge on any atom is 0.184 e. The molecule has 1 aromatic rings. The van der Waals surface area contributed by atoms with E-state index in [4.69, 9.17) is 0 Å². The van der Waals surface area contributed by atoms with Gasteiger partial charge in [-0.1, -0.05) is 43.2 Å². The molecule has 0 saturated heterocycles. The third kappa shape index (κ3) is 2.44. The largest absolute Gasteiger partial charge is 0.223 e. The molecule has 0 heterocycles. The molecule has 120 valence electrons. The maximum absolute atomic E-state index is 12.8. The van der Waals surface area contributed by atoms with Gasteiger partial charge in [0.2, 0.25) is 0 Å². The van der Waals surface area contributed by atoms with Crippen LogP contribution in [0.1, 0.15) is 45.6 Å². The Balaban J connectivity index is 1.86. The van der Waals surface area contributed by atoms with Gasteiger partial charge in [-0.05, 0) is 62.5 Å². The average Bonchev–Trinajstić information content (AvgIpc) is 2.47. The van der Waals surface area contributed by atoms with Crippen LogP contribution < -0.4 is 0 Å². The predicted octanol–water partition coefficient (Wildman–Crippen LogP) is 4.54. The van der Waals surface area contributed by atoms with Gasteiger partial charge in [0.1, 0.15) is 0 Å². The summed E-state index contributed by atoms with van der Waals surface area (Å²) in [6, 6.07) is 7.19. The molecule has 3 heteroatoms. The van der Waals surface area contributed by atoms with Gasteiger partial charge in [0.05, 0.1) is 10.1 Å². The van der Waals surface area contributed by atoms with Crippen LogP contribution in [0.5, 0.6) is 0 Å². The standard InChI is InChI=1S/C19H26O2S/c1-13-5-9-17(10-6-13)22(20,21)14(2)11-15-7-8-16-12-18(15)19(16,3)4/h5-6,9-11,14,16,18H,7-8,12H2,1-4H3/b15-11+/t14?,16-,18-/m0/s1. The number of rotatable bonds is 3. The SMILES string of the molecule is Cc1ccc(S(=O)(=O)C(C)/C=C2\CC[C@H]3C[C@@H]2C3(C)C)cc1. The molecule has 3 aliphatic rings. The van der Waals surface area contributed by atoms with Crippen molar-refractivity contribution in [2.75, 3.05) is 0 Å². The lowest BCUT2D eigenvalue weighted by Crippen LogP contribution is -2.49. The van der Waals surface area contributed by atoms with Crippen molar-refractivity contribution in [3.05, 3.63) is 41.5 Å². The van der Waals surface area contributed by atoms with Gasteiger partial charge in [0.15, 0.2) is 9.84 Å². The van der Waals surface area contributed by atoms with Crippen molar-refractivity contribution in [2.24, 2.45) is 17.3 Å². The molecule has 3 aliphatic carbocycles. The number of sulfone groups is 1. The Labute approximate surface area is 134 Å². The molecule has 4 rings (SSSR count). The predicted molar refractivity (Wildman–Crippen MR) is 90.5 cm³/mol.